The highest BCUT2D eigenvalue weighted by molar-refractivity contribution is 5.82. The van der Waals surface area contributed by atoms with Gasteiger partial charge in [0.2, 0.25) is 5.91 Å². The zero-order valence-electron chi connectivity index (χ0n) is 13.4. The van der Waals surface area contributed by atoms with E-state index in [0.29, 0.717) is 6.04 Å². The third-order valence-electron chi connectivity index (χ3n) is 5.22. The lowest BCUT2D eigenvalue weighted by atomic mass is 10.1. The van der Waals surface area contributed by atoms with E-state index in [1.165, 1.54) is 12.8 Å². The van der Waals surface area contributed by atoms with Gasteiger partial charge in [-0.2, -0.15) is 0 Å². The summed E-state index contributed by atoms with van der Waals surface area (Å²) in [7, 11) is 0. The number of pyridine rings is 1. The topological polar surface area (TPSA) is 60.5 Å². The summed E-state index contributed by atoms with van der Waals surface area (Å²) < 4.78 is 0. The highest BCUT2D eigenvalue weighted by atomic mass is 16.2. The molecule has 2 atom stereocenters. The molecule has 2 N–H and O–H groups in total. The number of carbonyl (C=O) groups is 1. The van der Waals surface area contributed by atoms with E-state index in [9.17, 15) is 4.79 Å². The highest BCUT2D eigenvalue weighted by Gasteiger charge is 2.40. The second kappa shape index (κ2) is 6.55. The van der Waals surface area contributed by atoms with Crippen LogP contribution >= 0.6 is 0 Å². The number of rotatable bonds is 4. The SMILES string of the molecule is O=C(C1CC(C2CC2)NN1)N1CCN(Cc2ccccn2)CC1. The lowest BCUT2D eigenvalue weighted by molar-refractivity contribution is -0.135. The Kier molecular flexibility index (Phi) is 4.29. The first-order valence-electron chi connectivity index (χ1n) is 8.72. The van der Waals surface area contributed by atoms with Gasteiger partial charge in [0.15, 0.2) is 0 Å². The average Bonchev–Trinajstić information content (AvgIpc) is 3.33. The minimum Gasteiger partial charge on any atom is -0.339 e. The molecule has 2 aliphatic heterocycles. The summed E-state index contributed by atoms with van der Waals surface area (Å²) in [4.78, 5) is 21.4. The summed E-state index contributed by atoms with van der Waals surface area (Å²) in [6, 6.07) is 6.48. The Morgan fingerprint density at radius 2 is 2.00 bits per heavy atom. The minimum absolute atomic E-state index is 0.0389. The van der Waals surface area contributed by atoms with Gasteiger partial charge in [0.1, 0.15) is 6.04 Å². The Hall–Kier alpha value is -1.50. The molecule has 1 amide bonds. The molecule has 1 aliphatic carbocycles. The van der Waals surface area contributed by atoms with Crippen LogP contribution in [-0.4, -0.2) is 59.0 Å². The molecule has 23 heavy (non-hydrogen) atoms. The van der Waals surface area contributed by atoms with Crippen molar-refractivity contribution in [1.29, 1.82) is 0 Å². The van der Waals surface area contributed by atoms with Crippen LogP contribution in [0.1, 0.15) is 25.0 Å². The van der Waals surface area contributed by atoms with E-state index in [2.05, 4.69) is 26.8 Å². The van der Waals surface area contributed by atoms with E-state index in [4.69, 9.17) is 0 Å². The molecule has 3 aliphatic rings. The summed E-state index contributed by atoms with van der Waals surface area (Å²) in [6.07, 6.45) is 5.40. The van der Waals surface area contributed by atoms with E-state index < -0.39 is 0 Å². The fraction of sp³-hybridized carbons (Fsp3) is 0.647. The average molecular weight is 315 g/mol. The number of hydrazine groups is 1. The van der Waals surface area contributed by atoms with Gasteiger partial charge in [-0.1, -0.05) is 6.07 Å². The van der Waals surface area contributed by atoms with Crippen molar-refractivity contribution < 1.29 is 4.79 Å². The molecule has 4 rings (SSSR count). The van der Waals surface area contributed by atoms with Crippen molar-refractivity contribution in [3.63, 3.8) is 0 Å². The lowest BCUT2D eigenvalue weighted by Gasteiger charge is -2.35. The van der Waals surface area contributed by atoms with Gasteiger partial charge in [-0.25, -0.2) is 5.43 Å². The fourth-order valence-corrected chi connectivity index (χ4v) is 3.62. The molecular weight excluding hydrogens is 290 g/mol. The summed E-state index contributed by atoms with van der Waals surface area (Å²) in [5.41, 5.74) is 7.62. The summed E-state index contributed by atoms with van der Waals surface area (Å²) in [5.74, 6) is 1.05. The maximum Gasteiger partial charge on any atom is 0.241 e. The smallest absolute Gasteiger partial charge is 0.241 e. The minimum atomic E-state index is -0.0389. The number of nitrogens with zero attached hydrogens (tertiary/aromatic N) is 3. The molecule has 0 radical (unpaired) electrons. The molecule has 0 bridgehead atoms. The molecule has 6 nitrogen and oxygen atoms in total. The van der Waals surface area contributed by atoms with Crippen LogP contribution in [0.4, 0.5) is 0 Å². The Bertz CT molecular complexity index is 539. The van der Waals surface area contributed by atoms with Crippen LogP contribution in [0.2, 0.25) is 0 Å². The second-order valence-electron chi connectivity index (χ2n) is 6.94. The molecular formula is C17H25N5O. The molecule has 6 heteroatoms. The molecule has 1 aromatic heterocycles. The van der Waals surface area contributed by atoms with Crippen molar-refractivity contribution in [2.45, 2.75) is 37.9 Å². The third-order valence-corrected chi connectivity index (χ3v) is 5.22. The van der Waals surface area contributed by atoms with Gasteiger partial charge in [0.25, 0.3) is 0 Å². The number of nitrogens with one attached hydrogen (secondary N) is 2. The Morgan fingerprint density at radius 3 is 2.70 bits per heavy atom. The fourth-order valence-electron chi connectivity index (χ4n) is 3.62. The predicted molar refractivity (Wildman–Crippen MR) is 87.3 cm³/mol. The van der Waals surface area contributed by atoms with Crippen LogP contribution in [0.3, 0.4) is 0 Å². The van der Waals surface area contributed by atoms with E-state index in [-0.39, 0.29) is 11.9 Å². The number of hydrogen-bond donors (Lipinski definition) is 2. The van der Waals surface area contributed by atoms with Gasteiger partial charge in [-0.3, -0.25) is 20.1 Å². The second-order valence-corrected chi connectivity index (χ2v) is 6.94. The van der Waals surface area contributed by atoms with Crippen LogP contribution in [0.5, 0.6) is 0 Å². The predicted octanol–water partition coefficient (Wildman–Crippen LogP) is 0.371. The van der Waals surface area contributed by atoms with E-state index in [0.717, 1.165) is 50.8 Å². The van der Waals surface area contributed by atoms with E-state index in [1.54, 1.807) is 0 Å². The largest absolute Gasteiger partial charge is 0.339 e. The van der Waals surface area contributed by atoms with Gasteiger partial charge in [0, 0.05) is 45.0 Å². The van der Waals surface area contributed by atoms with Gasteiger partial charge in [0.05, 0.1) is 5.69 Å². The normalized spacial score (nSPS) is 29.0. The van der Waals surface area contributed by atoms with Crippen LogP contribution in [0.15, 0.2) is 24.4 Å². The van der Waals surface area contributed by atoms with Crippen LogP contribution in [0, 0.1) is 5.92 Å². The molecule has 2 saturated heterocycles. The molecule has 124 valence electrons. The molecule has 1 saturated carbocycles. The van der Waals surface area contributed by atoms with Crippen LogP contribution < -0.4 is 10.9 Å². The maximum absolute atomic E-state index is 12.6. The van der Waals surface area contributed by atoms with Crippen molar-refractivity contribution in [1.82, 2.24) is 25.6 Å². The molecule has 1 aromatic rings. The zero-order valence-corrected chi connectivity index (χ0v) is 13.4. The van der Waals surface area contributed by atoms with Crippen molar-refractivity contribution >= 4 is 5.91 Å². The molecule has 3 heterocycles. The number of carbonyl (C=O) groups excluding carboxylic acids is 1. The monoisotopic (exact) mass is 315 g/mol. The van der Waals surface area contributed by atoms with E-state index >= 15 is 0 Å². The molecule has 0 spiro atoms. The number of amides is 1. The molecule has 2 unspecified atom stereocenters. The van der Waals surface area contributed by atoms with Crippen LogP contribution in [0.25, 0.3) is 0 Å². The summed E-state index contributed by atoms with van der Waals surface area (Å²) >= 11 is 0. The summed E-state index contributed by atoms with van der Waals surface area (Å²) in [5, 5.41) is 0. The number of piperazine rings is 1. The summed E-state index contributed by atoms with van der Waals surface area (Å²) in [6.45, 7) is 4.36. The van der Waals surface area contributed by atoms with Gasteiger partial charge < -0.3 is 4.90 Å². The molecule has 3 fully saturated rings. The van der Waals surface area contributed by atoms with Gasteiger partial charge >= 0.3 is 0 Å². The number of hydrogen-bond acceptors (Lipinski definition) is 5. The zero-order chi connectivity index (χ0) is 15.6. The third kappa shape index (κ3) is 3.54. The van der Waals surface area contributed by atoms with Gasteiger partial charge in [-0.15, -0.1) is 0 Å². The van der Waals surface area contributed by atoms with Crippen molar-refractivity contribution in [3.05, 3.63) is 30.1 Å². The van der Waals surface area contributed by atoms with E-state index in [1.807, 2.05) is 23.2 Å². The van der Waals surface area contributed by atoms with Crippen molar-refractivity contribution in [2.24, 2.45) is 5.92 Å². The first-order valence-corrected chi connectivity index (χ1v) is 8.72. The standard InChI is InChI=1S/C17H25N5O/c23-17(16-11-15(19-20-16)13-4-5-13)22-9-7-21(8-10-22)12-14-3-1-2-6-18-14/h1-3,6,13,15-16,19-20H,4-5,7-12H2. The van der Waals surface area contributed by atoms with Crippen LogP contribution in [-0.2, 0) is 11.3 Å². The van der Waals surface area contributed by atoms with Crippen molar-refractivity contribution in [2.75, 3.05) is 26.2 Å². The van der Waals surface area contributed by atoms with Gasteiger partial charge in [-0.05, 0) is 37.3 Å². The first kappa shape index (κ1) is 15.1. The first-order chi connectivity index (χ1) is 11.3. The highest BCUT2D eigenvalue weighted by Crippen LogP contribution is 2.35. The van der Waals surface area contributed by atoms with Crippen molar-refractivity contribution in [3.8, 4) is 0 Å². The maximum atomic E-state index is 12.6. The Labute approximate surface area is 137 Å². The Balaban J connectivity index is 1.25. The Morgan fingerprint density at radius 1 is 1.17 bits per heavy atom. The lowest BCUT2D eigenvalue weighted by Crippen LogP contribution is -2.53. The quantitative estimate of drug-likeness (QED) is 0.841. The number of aromatic nitrogens is 1. The molecule has 0 aromatic carbocycles.